The van der Waals surface area contributed by atoms with Crippen LogP contribution in [0.4, 0.5) is 17.1 Å². The lowest BCUT2D eigenvalue weighted by atomic mass is 10.2. The van der Waals surface area contributed by atoms with Gasteiger partial charge in [-0.15, -0.1) is 0 Å². The van der Waals surface area contributed by atoms with E-state index < -0.39 is 4.92 Å². The Morgan fingerprint density at radius 1 is 1.44 bits per heavy atom. The van der Waals surface area contributed by atoms with Crippen LogP contribution in [0.5, 0.6) is 0 Å². The molecule has 0 aliphatic rings. The number of benzene rings is 1. The molecule has 0 aromatic heterocycles. The number of carbonyl (C=O) groups is 1. The summed E-state index contributed by atoms with van der Waals surface area (Å²) in [5, 5.41) is 13.4. The fourth-order valence-corrected chi connectivity index (χ4v) is 1.44. The van der Waals surface area contributed by atoms with Gasteiger partial charge < -0.3 is 10.2 Å². The smallest absolute Gasteiger partial charge is 0.294 e. The molecule has 0 saturated carbocycles. The molecule has 0 spiro atoms. The number of hydrogen-bond donors (Lipinski definition) is 1. The number of nitrogens with one attached hydrogen (secondary N) is 1. The monoisotopic (exact) mass is 223 g/mol. The van der Waals surface area contributed by atoms with Gasteiger partial charge in [0.15, 0.2) is 0 Å². The first-order chi connectivity index (χ1) is 7.43. The second-order valence-corrected chi connectivity index (χ2v) is 3.51. The third-order valence-corrected chi connectivity index (χ3v) is 1.97. The van der Waals surface area contributed by atoms with E-state index in [9.17, 15) is 14.9 Å². The highest BCUT2D eigenvalue weighted by Crippen LogP contribution is 2.34. The van der Waals surface area contributed by atoms with Gasteiger partial charge in [0, 0.05) is 27.1 Å². The van der Waals surface area contributed by atoms with Gasteiger partial charge in [0.25, 0.3) is 5.69 Å². The first-order valence-electron chi connectivity index (χ1n) is 4.65. The molecule has 0 fully saturated rings. The van der Waals surface area contributed by atoms with Crippen molar-refractivity contribution in [3.63, 3.8) is 0 Å². The van der Waals surface area contributed by atoms with Gasteiger partial charge >= 0.3 is 0 Å². The highest BCUT2D eigenvalue weighted by atomic mass is 16.6. The number of nitro groups is 1. The average Bonchev–Trinajstić information content (AvgIpc) is 2.15. The fraction of sp³-hybridized carbons (Fsp3) is 0.300. The Bertz CT molecular complexity index is 429. The number of hydrogen-bond acceptors (Lipinski definition) is 4. The first-order valence-corrected chi connectivity index (χ1v) is 4.65. The molecular formula is C10H13N3O3. The maximum absolute atomic E-state index is 11.0. The van der Waals surface area contributed by atoms with E-state index in [2.05, 4.69) is 5.32 Å². The minimum Gasteiger partial charge on any atom is -0.370 e. The Morgan fingerprint density at radius 2 is 2.06 bits per heavy atom. The highest BCUT2D eigenvalue weighted by Gasteiger charge is 2.19. The fourth-order valence-electron chi connectivity index (χ4n) is 1.44. The van der Waals surface area contributed by atoms with Crippen molar-refractivity contribution in [1.29, 1.82) is 0 Å². The number of carbonyl (C=O) groups excluding carboxylic acids is 1. The van der Waals surface area contributed by atoms with Gasteiger partial charge in [0.05, 0.1) is 10.6 Å². The van der Waals surface area contributed by atoms with Crippen molar-refractivity contribution in [3.8, 4) is 0 Å². The van der Waals surface area contributed by atoms with Crippen LogP contribution in [-0.2, 0) is 4.79 Å². The predicted molar refractivity (Wildman–Crippen MR) is 61.7 cm³/mol. The molecule has 1 amide bonds. The summed E-state index contributed by atoms with van der Waals surface area (Å²) in [5.74, 6) is -0.261. The molecule has 0 unspecified atom stereocenters. The van der Waals surface area contributed by atoms with Crippen molar-refractivity contribution in [2.45, 2.75) is 6.92 Å². The number of amides is 1. The van der Waals surface area contributed by atoms with E-state index in [0.717, 1.165) is 0 Å². The largest absolute Gasteiger partial charge is 0.370 e. The minimum atomic E-state index is -0.472. The summed E-state index contributed by atoms with van der Waals surface area (Å²) in [7, 11) is 3.38. The van der Waals surface area contributed by atoms with E-state index in [1.165, 1.54) is 19.1 Å². The van der Waals surface area contributed by atoms with Crippen molar-refractivity contribution in [3.05, 3.63) is 28.3 Å². The van der Waals surface area contributed by atoms with Crippen LogP contribution in [-0.4, -0.2) is 24.9 Å². The molecule has 1 aromatic rings. The van der Waals surface area contributed by atoms with Crippen LogP contribution in [0.25, 0.3) is 0 Å². The van der Waals surface area contributed by atoms with Gasteiger partial charge in [0.2, 0.25) is 5.91 Å². The molecule has 1 aromatic carbocycles. The zero-order valence-corrected chi connectivity index (χ0v) is 9.35. The van der Waals surface area contributed by atoms with E-state index in [-0.39, 0.29) is 11.6 Å². The summed E-state index contributed by atoms with van der Waals surface area (Å²) in [6, 6.07) is 4.57. The van der Waals surface area contributed by atoms with Gasteiger partial charge in [-0.2, -0.15) is 0 Å². The molecule has 0 atom stereocenters. The summed E-state index contributed by atoms with van der Waals surface area (Å²) in [5.41, 5.74) is 0.797. The topological polar surface area (TPSA) is 75.5 Å². The van der Waals surface area contributed by atoms with Crippen molar-refractivity contribution < 1.29 is 9.72 Å². The average molecular weight is 223 g/mol. The molecule has 1 rings (SSSR count). The van der Waals surface area contributed by atoms with Gasteiger partial charge in [-0.05, 0) is 6.07 Å². The van der Waals surface area contributed by atoms with E-state index in [1.807, 2.05) is 0 Å². The first kappa shape index (κ1) is 12.0. The second-order valence-electron chi connectivity index (χ2n) is 3.51. The molecule has 0 aliphatic heterocycles. The van der Waals surface area contributed by atoms with E-state index >= 15 is 0 Å². The van der Waals surface area contributed by atoms with Crippen LogP contribution in [0.2, 0.25) is 0 Å². The predicted octanol–water partition coefficient (Wildman–Crippen LogP) is 1.62. The van der Waals surface area contributed by atoms with Crippen LogP contribution >= 0.6 is 0 Å². The van der Waals surface area contributed by atoms with Crippen LogP contribution in [0.3, 0.4) is 0 Å². The molecule has 0 radical (unpaired) electrons. The normalized spacial score (nSPS) is 9.69. The van der Waals surface area contributed by atoms with Crippen molar-refractivity contribution in [2.24, 2.45) is 0 Å². The lowest BCUT2D eigenvalue weighted by Crippen LogP contribution is -2.16. The van der Waals surface area contributed by atoms with Gasteiger partial charge in [0.1, 0.15) is 5.69 Å². The Morgan fingerprint density at radius 3 is 2.50 bits per heavy atom. The summed E-state index contributed by atoms with van der Waals surface area (Å²) in [6.07, 6.45) is 0. The molecule has 0 heterocycles. The van der Waals surface area contributed by atoms with E-state index in [1.54, 1.807) is 25.1 Å². The zero-order valence-electron chi connectivity index (χ0n) is 9.35. The minimum absolute atomic E-state index is 0.0312. The molecular weight excluding hydrogens is 210 g/mol. The number of nitrogens with zero attached hydrogens (tertiary/aromatic N) is 2. The Kier molecular flexibility index (Phi) is 3.44. The number of anilines is 2. The number of rotatable bonds is 3. The van der Waals surface area contributed by atoms with Crippen molar-refractivity contribution in [1.82, 2.24) is 0 Å². The third kappa shape index (κ3) is 2.47. The van der Waals surface area contributed by atoms with E-state index in [0.29, 0.717) is 11.4 Å². The molecule has 6 nitrogen and oxygen atoms in total. The molecule has 0 saturated heterocycles. The quantitative estimate of drug-likeness (QED) is 0.624. The summed E-state index contributed by atoms with van der Waals surface area (Å²) in [6.45, 7) is 1.36. The van der Waals surface area contributed by atoms with Gasteiger partial charge in [-0.3, -0.25) is 14.9 Å². The summed E-state index contributed by atoms with van der Waals surface area (Å²) in [4.78, 5) is 22.9. The molecule has 0 aliphatic carbocycles. The second kappa shape index (κ2) is 4.61. The maximum atomic E-state index is 11.0. The summed E-state index contributed by atoms with van der Waals surface area (Å²) >= 11 is 0. The Balaban J connectivity index is 3.32. The molecule has 1 N–H and O–H groups in total. The zero-order chi connectivity index (χ0) is 12.3. The molecule has 86 valence electrons. The molecule has 16 heavy (non-hydrogen) atoms. The Hall–Kier alpha value is -2.11. The van der Waals surface area contributed by atoms with Crippen LogP contribution in [0.1, 0.15) is 6.92 Å². The number of para-hydroxylation sites is 1. The van der Waals surface area contributed by atoms with Crippen LogP contribution < -0.4 is 10.2 Å². The van der Waals surface area contributed by atoms with Crippen molar-refractivity contribution >= 4 is 23.0 Å². The van der Waals surface area contributed by atoms with E-state index in [4.69, 9.17) is 0 Å². The lowest BCUT2D eigenvalue weighted by Gasteiger charge is -2.17. The summed E-state index contributed by atoms with van der Waals surface area (Å²) < 4.78 is 0. The Labute approximate surface area is 93.0 Å². The lowest BCUT2D eigenvalue weighted by molar-refractivity contribution is -0.384. The van der Waals surface area contributed by atoms with Crippen molar-refractivity contribution in [2.75, 3.05) is 24.3 Å². The standard InChI is InChI=1S/C10H13N3O3/c1-7(14)11-8-5-4-6-9(13(15)16)10(8)12(2)3/h4-6H,1-3H3,(H,11,14). The highest BCUT2D eigenvalue weighted by molar-refractivity contribution is 5.94. The van der Waals surface area contributed by atoms with Crippen LogP contribution in [0, 0.1) is 10.1 Å². The van der Waals surface area contributed by atoms with Crippen LogP contribution in [0.15, 0.2) is 18.2 Å². The van der Waals surface area contributed by atoms with Gasteiger partial charge in [-0.1, -0.05) is 6.07 Å². The third-order valence-electron chi connectivity index (χ3n) is 1.97. The van der Waals surface area contributed by atoms with Gasteiger partial charge in [-0.25, -0.2) is 0 Å². The number of nitro benzene ring substituents is 1. The maximum Gasteiger partial charge on any atom is 0.294 e. The molecule has 6 heteroatoms. The SMILES string of the molecule is CC(=O)Nc1cccc([N+](=O)[O-])c1N(C)C. The molecule has 0 bridgehead atoms.